The molecule has 23 heavy (non-hydrogen) atoms. The summed E-state index contributed by atoms with van der Waals surface area (Å²) >= 11 is 0. The van der Waals surface area contributed by atoms with Crippen LogP contribution in [0.25, 0.3) is 10.9 Å². The monoisotopic (exact) mass is 306 g/mol. The molecular formula is C19H18N2O2. The van der Waals surface area contributed by atoms with Crippen molar-refractivity contribution in [3.63, 3.8) is 0 Å². The Hall–Kier alpha value is -2.88. The average Bonchev–Trinajstić information content (AvgIpc) is 2.54. The number of aryl methyl sites for hydroxylation is 2. The van der Waals surface area contributed by atoms with Gasteiger partial charge in [-0.05, 0) is 42.5 Å². The molecule has 116 valence electrons. The van der Waals surface area contributed by atoms with E-state index in [4.69, 9.17) is 5.73 Å². The molecule has 3 rings (SSSR count). The summed E-state index contributed by atoms with van der Waals surface area (Å²) in [6, 6.07) is 15.7. The minimum Gasteiger partial charge on any atom is -0.477 e. The van der Waals surface area contributed by atoms with Gasteiger partial charge in [0.2, 0.25) is 0 Å². The van der Waals surface area contributed by atoms with Crippen LogP contribution in [0.15, 0.2) is 48.5 Å². The molecule has 0 aliphatic heterocycles. The van der Waals surface area contributed by atoms with E-state index in [0.29, 0.717) is 16.8 Å². The molecule has 0 saturated heterocycles. The number of carboxylic acid groups (broad SMARTS) is 1. The molecule has 0 radical (unpaired) electrons. The van der Waals surface area contributed by atoms with Crippen LogP contribution >= 0.6 is 0 Å². The maximum Gasteiger partial charge on any atom is 0.354 e. The fourth-order valence-electron chi connectivity index (χ4n) is 2.91. The van der Waals surface area contributed by atoms with Crippen LogP contribution in [0.1, 0.15) is 27.2 Å². The third-order valence-electron chi connectivity index (χ3n) is 4.13. The van der Waals surface area contributed by atoms with Crippen LogP contribution in [0.4, 0.5) is 5.69 Å². The van der Waals surface area contributed by atoms with Gasteiger partial charge in [0.1, 0.15) is 0 Å². The number of aromatic nitrogens is 1. The highest BCUT2D eigenvalue weighted by atomic mass is 16.4. The van der Waals surface area contributed by atoms with E-state index < -0.39 is 5.97 Å². The third-order valence-corrected chi connectivity index (χ3v) is 4.13. The van der Waals surface area contributed by atoms with Crippen molar-refractivity contribution in [2.75, 3.05) is 5.73 Å². The second kappa shape index (κ2) is 6.08. The number of nitrogens with zero attached hydrogens (tertiary/aromatic N) is 1. The van der Waals surface area contributed by atoms with E-state index in [9.17, 15) is 9.90 Å². The average molecular weight is 306 g/mol. The number of nitrogens with two attached hydrogens (primary N) is 1. The number of carbonyl (C=O) groups is 1. The number of aromatic carboxylic acids is 1. The summed E-state index contributed by atoms with van der Waals surface area (Å²) in [7, 11) is 0. The number of fused-ring (bicyclic) bond motifs is 1. The first-order valence-electron chi connectivity index (χ1n) is 7.53. The molecule has 0 aliphatic carbocycles. The molecule has 1 aromatic heterocycles. The first-order valence-corrected chi connectivity index (χ1v) is 7.53. The summed E-state index contributed by atoms with van der Waals surface area (Å²) in [6.45, 7) is 1.82. The third kappa shape index (κ3) is 2.88. The molecule has 0 atom stereocenters. The molecule has 0 aliphatic rings. The van der Waals surface area contributed by atoms with Gasteiger partial charge in [0.25, 0.3) is 0 Å². The lowest BCUT2D eigenvalue weighted by atomic mass is 9.95. The van der Waals surface area contributed by atoms with Crippen molar-refractivity contribution in [1.82, 2.24) is 4.98 Å². The van der Waals surface area contributed by atoms with Crippen LogP contribution in [0.5, 0.6) is 0 Å². The summed E-state index contributed by atoms with van der Waals surface area (Å²) < 4.78 is 0. The zero-order valence-electron chi connectivity index (χ0n) is 12.9. The van der Waals surface area contributed by atoms with Crippen molar-refractivity contribution < 1.29 is 9.90 Å². The predicted octanol–water partition coefficient (Wildman–Crippen LogP) is 3.61. The molecule has 0 spiro atoms. The molecule has 4 nitrogen and oxygen atoms in total. The van der Waals surface area contributed by atoms with Gasteiger partial charge < -0.3 is 10.8 Å². The number of rotatable bonds is 4. The molecule has 0 unspecified atom stereocenters. The summed E-state index contributed by atoms with van der Waals surface area (Å²) in [5.41, 5.74) is 10.1. The van der Waals surface area contributed by atoms with E-state index >= 15 is 0 Å². The van der Waals surface area contributed by atoms with Gasteiger partial charge in [-0.2, -0.15) is 0 Å². The van der Waals surface area contributed by atoms with Crippen LogP contribution < -0.4 is 5.73 Å². The molecule has 0 bridgehead atoms. The summed E-state index contributed by atoms with van der Waals surface area (Å²) in [6.07, 6.45) is 1.59. The van der Waals surface area contributed by atoms with Gasteiger partial charge in [0, 0.05) is 5.39 Å². The second-order valence-electron chi connectivity index (χ2n) is 5.60. The lowest BCUT2D eigenvalue weighted by molar-refractivity contribution is 0.0690. The first-order chi connectivity index (χ1) is 11.1. The van der Waals surface area contributed by atoms with E-state index in [2.05, 4.69) is 17.1 Å². The fourth-order valence-corrected chi connectivity index (χ4v) is 2.91. The number of carboxylic acids is 1. The van der Waals surface area contributed by atoms with Gasteiger partial charge in [-0.15, -0.1) is 0 Å². The normalized spacial score (nSPS) is 10.8. The van der Waals surface area contributed by atoms with E-state index in [1.54, 1.807) is 6.07 Å². The van der Waals surface area contributed by atoms with Crippen LogP contribution in [0.3, 0.4) is 0 Å². The Morgan fingerprint density at radius 1 is 1.09 bits per heavy atom. The molecule has 3 N–H and O–H groups in total. The number of nitrogen functional groups attached to an aromatic ring is 1. The first kappa shape index (κ1) is 15.0. The Labute approximate surface area is 134 Å². The van der Waals surface area contributed by atoms with Gasteiger partial charge >= 0.3 is 5.97 Å². The zero-order valence-corrected chi connectivity index (χ0v) is 12.9. The van der Waals surface area contributed by atoms with Crippen molar-refractivity contribution in [2.24, 2.45) is 0 Å². The number of hydrogen-bond donors (Lipinski definition) is 2. The van der Waals surface area contributed by atoms with Gasteiger partial charge in [-0.1, -0.05) is 42.5 Å². The number of benzene rings is 2. The van der Waals surface area contributed by atoms with Gasteiger partial charge in [-0.3, -0.25) is 0 Å². The Kier molecular flexibility index (Phi) is 3.98. The van der Waals surface area contributed by atoms with E-state index in [0.717, 1.165) is 23.8 Å². The number of para-hydroxylation sites is 1. The van der Waals surface area contributed by atoms with Crippen molar-refractivity contribution in [1.29, 1.82) is 0 Å². The minimum atomic E-state index is -1.02. The van der Waals surface area contributed by atoms with Crippen molar-refractivity contribution >= 4 is 22.6 Å². The lowest BCUT2D eigenvalue weighted by Crippen LogP contribution is -2.09. The molecular weight excluding hydrogens is 288 g/mol. The zero-order chi connectivity index (χ0) is 16.4. The lowest BCUT2D eigenvalue weighted by Gasteiger charge is -2.14. The van der Waals surface area contributed by atoms with Crippen molar-refractivity contribution in [3.05, 3.63) is 70.9 Å². The molecule has 0 fully saturated rings. The van der Waals surface area contributed by atoms with E-state index in [1.165, 1.54) is 5.56 Å². The molecule has 4 heteroatoms. The summed E-state index contributed by atoms with van der Waals surface area (Å²) in [5.74, 6) is -1.02. The Balaban J connectivity index is 2.11. The molecule has 1 heterocycles. The van der Waals surface area contributed by atoms with Crippen LogP contribution in [0, 0.1) is 6.92 Å². The van der Waals surface area contributed by atoms with Crippen molar-refractivity contribution in [3.8, 4) is 0 Å². The highest BCUT2D eigenvalue weighted by Crippen LogP contribution is 2.28. The quantitative estimate of drug-likeness (QED) is 0.722. The number of pyridine rings is 1. The Morgan fingerprint density at radius 2 is 1.83 bits per heavy atom. The Bertz CT molecular complexity index is 873. The van der Waals surface area contributed by atoms with Crippen LogP contribution in [-0.4, -0.2) is 16.1 Å². The molecule has 2 aromatic carbocycles. The van der Waals surface area contributed by atoms with Crippen LogP contribution in [-0.2, 0) is 12.8 Å². The minimum absolute atomic E-state index is 0.0819. The second-order valence-corrected chi connectivity index (χ2v) is 5.60. The van der Waals surface area contributed by atoms with Crippen LogP contribution in [0.2, 0.25) is 0 Å². The summed E-state index contributed by atoms with van der Waals surface area (Å²) in [4.78, 5) is 15.8. The van der Waals surface area contributed by atoms with Gasteiger partial charge in [0.05, 0.1) is 11.2 Å². The predicted molar refractivity (Wildman–Crippen MR) is 91.7 cm³/mol. The maximum absolute atomic E-state index is 11.5. The summed E-state index contributed by atoms with van der Waals surface area (Å²) in [5, 5.41) is 10.4. The number of hydrogen-bond acceptors (Lipinski definition) is 3. The molecule has 3 aromatic rings. The van der Waals surface area contributed by atoms with Crippen molar-refractivity contribution in [2.45, 2.75) is 19.8 Å². The fraction of sp³-hybridized carbons (Fsp3) is 0.158. The standard InChI is InChI=1S/C19H18N2O2/c1-12-14(11-10-13-6-3-2-4-7-13)15-8-5-9-16(20)18(15)21-17(12)19(22)23/h2-9H,10-11,20H2,1H3,(H,22,23). The SMILES string of the molecule is Cc1c(C(=O)O)nc2c(N)cccc2c1CCc1ccccc1. The van der Waals surface area contributed by atoms with E-state index in [-0.39, 0.29) is 5.69 Å². The largest absolute Gasteiger partial charge is 0.477 e. The smallest absolute Gasteiger partial charge is 0.354 e. The van der Waals surface area contributed by atoms with Gasteiger partial charge in [-0.25, -0.2) is 9.78 Å². The Morgan fingerprint density at radius 3 is 2.52 bits per heavy atom. The maximum atomic E-state index is 11.5. The highest BCUT2D eigenvalue weighted by Gasteiger charge is 2.17. The number of anilines is 1. The molecule has 0 saturated carbocycles. The van der Waals surface area contributed by atoms with E-state index in [1.807, 2.05) is 37.3 Å². The van der Waals surface area contributed by atoms with Gasteiger partial charge in [0.15, 0.2) is 5.69 Å². The topological polar surface area (TPSA) is 76.2 Å². The molecule has 0 amide bonds. The highest BCUT2D eigenvalue weighted by molar-refractivity contribution is 5.97.